The van der Waals surface area contributed by atoms with Gasteiger partial charge in [-0.1, -0.05) is 301 Å². The number of allylic oxidation sites excluding steroid dienone is 3. The SMILES string of the molecule is CCCCCCCCCCCCCCCCCCCCCC/C=C/C(O)C(CO)NC(=O)CCCCCCCCC/C=C\CCCCCCCCCCOC(=O)CCCCCCCCCCCCCC. The van der Waals surface area contributed by atoms with E-state index in [-0.39, 0.29) is 18.5 Å². The summed E-state index contributed by atoms with van der Waals surface area (Å²) in [5.41, 5.74) is 0. The zero-order chi connectivity index (χ0) is 50.7. The molecule has 2 atom stereocenters. The second-order valence-electron chi connectivity index (χ2n) is 21.7. The number of aliphatic hydroxyl groups excluding tert-OH is 2. The molecular formula is C64H123NO5. The number of nitrogens with one attached hydrogen (secondary N) is 1. The average molecular weight is 987 g/mol. The van der Waals surface area contributed by atoms with Crippen molar-refractivity contribution in [3.63, 3.8) is 0 Å². The third-order valence-corrected chi connectivity index (χ3v) is 14.7. The normalized spacial score (nSPS) is 12.7. The molecule has 414 valence electrons. The molecule has 70 heavy (non-hydrogen) atoms. The van der Waals surface area contributed by atoms with E-state index in [4.69, 9.17) is 4.74 Å². The fourth-order valence-electron chi connectivity index (χ4n) is 9.87. The summed E-state index contributed by atoms with van der Waals surface area (Å²) in [5, 5.41) is 23.2. The van der Waals surface area contributed by atoms with Crippen LogP contribution in [-0.4, -0.2) is 47.4 Å². The number of hydrogen-bond acceptors (Lipinski definition) is 5. The highest BCUT2D eigenvalue weighted by atomic mass is 16.5. The first-order chi connectivity index (χ1) is 34.5. The molecule has 0 aromatic rings. The summed E-state index contributed by atoms with van der Waals surface area (Å²) in [6.45, 7) is 4.92. The lowest BCUT2D eigenvalue weighted by atomic mass is 10.0. The number of rotatable bonds is 59. The van der Waals surface area contributed by atoms with Crippen LogP contribution in [0.1, 0.15) is 348 Å². The molecule has 0 saturated heterocycles. The number of unbranched alkanes of at least 4 members (excludes halogenated alkanes) is 46. The van der Waals surface area contributed by atoms with Crippen LogP contribution >= 0.6 is 0 Å². The minimum atomic E-state index is -0.851. The van der Waals surface area contributed by atoms with Crippen molar-refractivity contribution in [2.75, 3.05) is 13.2 Å². The van der Waals surface area contributed by atoms with Crippen molar-refractivity contribution in [3.8, 4) is 0 Å². The van der Waals surface area contributed by atoms with E-state index in [2.05, 4.69) is 31.3 Å². The molecule has 0 heterocycles. The van der Waals surface area contributed by atoms with E-state index >= 15 is 0 Å². The number of aliphatic hydroxyl groups is 2. The first kappa shape index (κ1) is 68.3. The average Bonchev–Trinajstić information content (AvgIpc) is 3.36. The van der Waals surface area contributed by atoms with E-state index in [9.17, 15) is 19.8 Å². The Morgan fingerprint density at radius 3 is 1.01 bits per heavy atom. The largest absolute Gasteiger partial charge is 0.466 e. The molecule has 0 aliphatic rings. The van der Waals surface area contributed by atoms with Gasteiger partial charge in [0.05, 0.1) is 25.4 Å². The van der Waals surface area contributed by atoms with Gasteiger partial charge in [-0.15, -0.1) is 0 Å². The predicted molar refractivity (Wildman–Crippen MR) is 306 cm³/mol. The van der Waals surface area contributed by atoms with E-state index < -0.39 is 12.1 Å². The zero-order valence-corrected chi connectivity index (χ0v) is 47.3. The quantitative estimate of drug-likeness (QED) is 0.0321. The fraction of sp³-hybridized carbons (Fsp3) is 0.906. The molecule has 0 radical (unpaired) electrons. The molecule has 0 aliphatic heterocycles. The van der Waals surface area contributed by atoms with Gasteiger partial charge in [0.2, 0.25) is 5.91 Å². The van der Waals surface area contributed by atoms with Crippen molar-refractivity contribution in [3.05, 3.63) is 24.3 Å². The summed E-state index contributed by atoms with van der Waals surface area (Å²) in [4.78, 5) is 24.5. The third-order valence-electron chi connectivity index (χ3n) is 14.7. The molecule has 6 heteroatoms. The van der Waals surface area contributed by atoms with Crippen molar-refractivity contribution in [1.29, 1.82) is 0 Å². The Bertz CT molecular complexity index is 1090. The van der Waals surface area contributed by atoms with Gasteiger partial charge in [-0.25, -0.2) is 0 Å². The zero-order valence-electron chi connectivity index (χ0n) is 47.3. The molecule has 0 spiro atoms. The Kier molecular flexibility index (Phi) is 58.5. The van der Waals surface area contributed by atoms with Gasteiger partial charge in [-0.05, 0) is 57.8 Å². The maximum absolute atomic E-state index is 12.5. The number of carbonyl (C=O) groups excluding carboxylic acids is 2. The molecule has 3 N–H and O–H groups in total. The minimum Gasteiger partial charge on any atom is -0.466 e. The van der Waals surface area contributed by atoms with Crippen molar-refractivity contribution in [1.82, 2.24) is 5.32 Å². The summed E-state index contributed by atoms with van der Waals surface area (Å²) >= 11 is 0. The minimum absolute atomic E-state index is 0.00440. The van der Waals surface area contributed by atoms with Crippen molar-refractivity contribution in [2.45, 2.75) is 360 Å². The van der Waals surface area contributed by atoms with Crippen LogP contribution in [0.25, 0.3) is 0 Å². The van der Waals surface area contributed by atoms with Gasteiger partial charge < -0.3 is 20.3 Å². The lowest BCUT2D eigenvalue weighted by Crippen LogP contribution is -2.45. The number of esters is 1. The Hall–Kier alpha value is -1.66. The topological polar surface area (TPSA) is 95.9 Å². The van der Waals surface area contributed by atoms with Crippen LogP contribution in [0.3, 0.4) is 0 Å². The summed E-state index contributed by atoms with van der Waals surface area (Å²) < 4.78 is 5.47. The summed E-state index contributed by atoms with van der Waals surface area (Å²) in [5.74, 6) is -0.0699. The lowest BCUT2D eigenvalue weighted by molar-refractivity contribution is -0.143. The molecule has 0 bridgehead atoms. The van der Waals surface area contributed by atoms with E-state index in [0.29, 0.717) is 19.4 Å². The molecule has 0 aromatic carbocycles. The highest BCUT2D eigenvalue weighted by Crippen LogP contribution is 2.18. The summed E-state index contributed by atoms with van der Waals surface area (Å²) in [7, 11) is 0. The van der Waals surface area contributed by atoms with E-state index in [1.165, 1.54) is 270 Å². The van der Waals surface area contributed by atoms with Gasteiger partial charge in [0.15, 0.2) is 0 Å². The number of hydrogen-bond donors (Lipinski definition) is 3. The predicted octanol–water partition coefficient (Wildman–Crippen LogP) is 19.8. The van der Waals surface area contributed by atoms with Gasteiger partial charge in [0.1, 0.15) is 0 Å². The lowest BCUT2D eigenvalue weighted by Gasteiger charge is -2.20. The van der Waals surface area contributed by atoms with E-state index in [0.717, 1.165) is 51.4 Å². The number of ether oxygens (including phenoxy) is 1. The third kappa shape index (κ3) is 55.7. The molecule has 0 aliphatic carbocycles. The molecule has 6 nitrogen and oxygen atoms in total. The van der Waals surface area contributed by atoms with Crippen LogP contribution in [0.2, 0.25) is 0 Å². The first-order valence-corrected chi connectivity index (χ1v) is 31.6. The standard InChI is InChI=1S/C64H123NO5/c1-3-5-7-9-11-13-15-17-18-19-20-21-22-24-27-30-33-36-40-44-48-52-56-62(67)61(60-66)65-63(68)57-53-49-45-41-37-34-31-28-25-23-26-29-32-35-39-43-47-51-55-59-70-64(69)58-54-50-46-42-38-16-14-12-10-8-6-4-2/h23,25,52,56,61-62,66-67H,3-22,24,26-51,53-55,57-60H2,1-2H3,(H,65,68)/b25-23-,56-52+. The number of amides is 1. The highest BCUT2D eigenvalue weighted by molar-refractivity contribution is 5.76. The summed E-state index contributed by atoms with van der Waals surface area (Å²) in [6, 6.07) is -0.636. The van der Waals surface area contributed by atoms with Gasteiger partial charge >= 0.3 is 5.97 Å². The van der Waals surface area contributed by atoms with Crippen molar-refractivity contribution >= 4 is 11.9 Å². The Balaban J connectivity index is 3.47. The van der Waals surface area contributed by atoms with E-state index in [1.54, 1.807) is 6.08 Å². The first-order valence-electron chi connectivity index (χ1n) is 31.6. The smallest absolute Gasteiger partial charge is 0.305 e. The molecule has 2 unspecified atom stereocenters. The molecule has 0 fully saturated rings. The van der Waals surface area contributed by atoms with Crippen LogP contribution in [0.5, 0.6) is 0 Å². The van der Waals surface area contributed by atoms with E-state index in [1.807, 2.05) is 6.08 Å². The summed E-state index contributed by atoms with van der Waals surface area (Å²) in [6.07, 6.45) is 73.6. The fourth-order valence-corrected chi connectivity index (χ4v) is 9.87. The van der Waals surface area contributed by atoms with Crippen molar-refractivity contribution in [2.24, 2.45) is 0 Å². The van der Waals surface area contributed by atoms with Crippen LogP contribution < -0.4 is 5.32 Å². The maximum Gasteiger partial charge on any atom is 0.305 e. The molecule has 0 rings (SSSR count). The molecular weight excluding hydrogens is 863 g/mol. The second kappa shape index (κ2) is 59.9. The molecule has 1 amide bonds. The van der Waals surface area contributed by atoms with Crippen LogP contribution in [0, 0.1) is 0 Å². The van der Waals surface area contributed by atoms with Crippen LogP contribution in [0.15, 0.2) is 24.3 Å². The van der Waals surface area contributed by atoms with Gasteiger partial charge in [0.25, 0.3) is 0 Å². The Morgan fingerprint density at radius 1 is 0.386 bits per heavy atom. The molecule has 0 aromatic heterocycles. The monoisotopic (exact) mass is 986 g/mol. The second-order valence-corrected chi connectivity index (χ2v) is 21.7. The highest BCUT2D eigenvalue weighted by Gasteiger charge is 2.18. The number of carbonyl (C=O) groups is 2. The van der Waals surface area contributed by atoms with Crippen molar-refractivity contribution < 1.29 is 24.5 Å². The van der Waals surface area contributed by atoms with Crippen LogP contribution in [-0.2, 0) is 14.3 Å². The Morgan fingerprint density at radius 2 is 0.671 bits per heavy atom. The van der Waals surface area contributed by atoms with Crippen LogP contribution in [0.4, 0.5) is 0 Å². The maximum atomic E-state index is 12.5. The van der Waals surface area contributed by atoms with Gasteiger partial charge in [-0.3, -0.25) is 9.59 Å². The Labute approximate surface area is 437 Å². The molecule has 0 saturated carbocycles. The van der Waals surface area contributed by atoms with Gasteiger partial charge in [0, 0.05) is 12.8 Å². The van der Waals surface area contributed by atoms with Gasteiger partial charge in [-0.2, -0.15) is 0 Å².